The number of anilines is 1. The fraction of sp³-hybridized carbons (Fsp3) is 0.0833. The third-order valence-corrected chi connectivity index (χ3v) is 5.30. The second-order valence-corrected chi connectivity index (χ2v) is 6.94. The molecule has 0 fully saturated rings. The third kappa shape index (κ3) is 3.27. The average molecular weight is 407 g/mol. The van der Waals surface area contributed by atoms with Gasteiger partial charge in [-0.15, -0.1) is 11.3 Å². The maximum Gasteiger partial charge on any atom is 0.149 e. The van der Waals surface area contributed by atoms with Crippen molar-refractivity contribution in [3.8, 4) is 6.07 Å². The topological polar surface area (TPSA) is 35.8 Å². The number of hydrogen-bond acceptors (Lipinski definition) is 3. The zero-order valence-corrected chi connectivity index (χ0v) is 13.7. The van der Waals surface area contributed by atoms with Gasteiger partial charge in [0.15, 0.2) is 0 Å². The molecule has 1 heterocycles. The molecule has 0 aliphatic carbocycles. The minimum Gasteiger partial charge on any atom is -0.366 e. The van der Waals surface area contributed by atoms with Crippen molar-refractivity contribution in [2.75, 3.05) is 5.32 Å². The summed E-state index contributed by atoms with van der Waals surface area (Å²) in [6.45, 7) is 0. The molecular weight excluding hydrogens is 399 g/mol. The van der Waals surface area contributed by atoms with Crippen LogP contribution in [0.25, 0.3) is 0 Å². The van der Waals surface area contributed by atoms with E-state index in [1.54, 1.807) is 0 Å². The van der Waals surface area contributed by atoms with E-state index >= 15 is 0 Å². The lowest BCUT2D eigenvalue weighted by atomic mass is 10.2. The smallest absolute Gasteiger partial charge is 0.149 e. The first-order valence-corrected chi connectivity index (χ1v) is 7.74. The van der Waals surface area contributed by atoms with E-state index in [-0.39, 0.29) is 0 Å². The van der Waals surface area contributed by atoms with Crippen LogP contribution in [-0.2, 0) is 0 Å². The van der Waals surface area contributed by atoms with Crippen LogP contribution >= 0.6 is 54.8 Å². The van der Waals surface area contributed by atoms with Crippen LogP contribution in [-0.4, -0.2) is 0 Å². The lowest BCUT2D eigenvalue weighted by Crippen LogP contribution is -2.06. The molecule has 1 aromatic heterocycles. The summed E-state index contributed by atoms with van der Waals surface area (Å²) in [6, 6.07) is 11.4. The second kappa shape index (κ2) is 6.07. The monoisotopic (exact) mass is 404 g/mol. The molecule has 0 spiro atoms. The van der Waals surface area contributed by atoms with E-state index in [9.17, 15) is 5.26 Å². The van der Waals surface area contributed by atoms with Gasteiger partial charge in [-0.3, -0.25) is 0 Å². The van der Waals surface area contributed by atoms with Crippen molar-refractivity contribution < 1.29 is 0 Å². The summed E-state index contributed by atoms with van der Waals surface area (Å²) in [5.74, 6) is 0. The molecule has 0 aliphatic heterocycles. The van der Waals surface area contributed by atoms with Crippen LogP contribution < -0.4 is 5.32 Å². The summed E-state index contributed by atoms with van der Waals surface area (Å²) in [6.07, 6.45) is 0. The Balaban J connectivity index is 2.20. The normalized spacial score (nSPS) is 11.9. The van der Waals surface area contributed by atoms with Crippen LogP contribution in [0.3, 0.4) is 0 Å². The Bertz CT molecular complexity index is 570. The molecule has 1 unspecified atom stereocenters. The van der Waals surface area contributed by atoms with Crippen LogP contribution in [0.4, 0.5) is 5.69 Å². The number of nitriles is 1. The highest BCUT2D eigenvalue weighted by molar-refractivity contribution is 9.10. The first-order chi connectivity index (χ1) is 8.60. The van der Waals surface area contributed by atoms with Gasteiger partial charge < -0.3 is 5.32 Å². The molecule has 0 bridgehead atoms. The van der Waals surface area contributed by atoms with Crippen molar-refractivity contribution in [3.05, 3.63) is 48.5 Å². The van der Waals surface area contributed by atoms with Gasteiger partial charge in [0.1, 0.15) is 10.4 Å². The predicted molar refractivity (Wildman–Crippen MR) is 83.1 cm³/mol. The molecule has 1 aromatic carbocycles. The Morgan fingerprint density at radius 2 is 1.94 bits per heavy atom. The Kier molecular flexibility index (Phi) is 4.68. The van der Waals surface area contributed by atoms with Crippen molar-refractivity contribution >= 4 is 60.5 Å². The molecule has 6 heteroatoms. The maximum atomic E-state index is 9.22. The Hall–Kier alpha value is -0.540. The van der Waals surface area contributed by atoms with Crippen molar-refractivity contribution in [1.82, 2.24) is 0 Å². The molecule has 0 radical (unpaired) electrons. The molecule has 92 valence electrons. The van der Waals surface area contributed by atoms with Gasteiger partial charge in [0.2, 0.25) is 0 Å². The highest BCUT2D eigenvalue weighted by atomic mass is 79.9. The number of hydrogen-bond donors (Lipinski definition) is 1. The molecule has 0 amide bonds. The van der Waals surface area contributed by atoms with Gasteiger partial charge >= 0.3 is 0 Å². The van der Waals surface area contributed by atoms with Crippen LogP contribution in [0.15, 0.2) is 39.3 Å². The molecule has 0 saturated carbocycles. The number of halogens is 3. The summed E-state index contributed by atoms with van der Waals surface area (Å²) in [5, 5.41) is 12.4. The molecule has 1 atom stereocenters. The Morgan fingerprint density at radius 3 is 2.44 bits per heavy atom. The number of benzene rings is 1. The summed E-state index contributed by atoms with van der Waals surface area (Å²) in [5.41, 5.74) is 0.894. The summed E-state index contributed by atoms with van der Waals surface area (Å²) in [4.78, 5) is 0.886. The van der Waals surface area contributed by atoms with Crippen LogP contribution in [0.5, 0.6) is 0 Å². The van der Waals surface area contributed by atoms with Gasteiger partial charge in [-0.2, -0.15) is 5.26 Å². The van der Waals surface area contributed by atoms with Crippen LogP contribution in [0, 0.1) is 11.3 Å². The molecule has 18 heavy (non-hydrogen) atoms. The fourth-order valence-electron chi connectivity index (χ4n) is 1.39. The van der Waals surface area contributed by atoms with E-state index in [1.807, 2.05) is 30.3 Å². The number of nitrogens with zero attached hydrogens (tertiary/aromatic N) is 1. The van der Waals surface area contributed by atoms with E-state index in [0.717, 1.165) is 19.5 Å². The summed E-state index contributed by atoms with van der Waals surface area (Å²) in [7, 11) is 0. The zero-order valence-electron chi connectivity index (χ0n) is 8.95. The zero-order chi connectivity index (χ0) is 13.1. The molecule has 2 aromatic rings. The molecule has 0 saturated heterocycles. The van der Waals surface area contributed by atoms with Crippen LogP contribution in [0.1, 0.15) is 10.9 Å². The van der Waals surface area contributed by atoms with Gasteiger partial charge in [0, 0.05) is 19.5 Å². The largest absolute Gasteiger partial charge is 0.366 e. The van der Waals surface area contributed by atoms with Gasteiger partial charge in [0.25, 0.3) is 0 Å². The Morgan fingerprint density at radius 1 is 1.28 bits per heavy atom. The summed E-state index contributed by atoms with van der Waals surface area (Å²) >= 11 is 14.1. The standard InChI is InChI=1S/C12H7Br2ClN2S/c13-7-1-3-8(4-2-7)17-10(6-16)11-5-9(14)12(15)18-11/h1-5,10,17H. The lowest BCUT2D eigenvalue weighted by molar-refractivity contribution is 1.03. The van der Waals surface area contributed by atoms with Crippen LogP contribution in [0.2, 0.25) is 4.34 Å². The van der Waals surface area contributed by atoms with E-state index in [0.29, 0.717) is 4.34 Å². The van der Waals surface area contributed by atoms with Crippen molar-refractivity contribution in [2.24, 2.45) is 0 Å². The van der Waals surface area contributed by atoms with E-state index < -0.39 is 6.04 Å². The van der Waals surface area contributed by atoms with Gasteiger partial charge in [0.05, 0.1) is 6.07 Å². The van der Waals surface area contributed by atoms with Gasteiger partial charge in [-0.1, -0.05) is 27.5 Å². The molecule has 2 rings (SSSR count). The minimum absolute atomic E-state index is 0.403. The molecular formula is C12H7Br2ClN2S. The number of rotatable bonds is 3. The first-order valence-electron chi connectivity index (χ1n) is 4.96. The average Bonchev–Trinajstić information content (AvgIpc) is 2.69. The van der Waals surface area contributed by atoms with E-state index in [4.69, 9.17) is 11.6 Å². The van der Waals surface area contributed by atoms with E-state index in [1.165, 1.54) is 11.3 Å². The number of thiophene rings is 1. The second-order valence-electron chi connectivity index (χ2n) is 3.48. The quantitative estimate of drug-likeness (QED) is 0.720. The van der Waals surface area contributed by atoms with E-state index in [2.05, 4.69) is 43.2 Å². The highest BCUT2D eigenvalue weighted by Crippen LogP contribution is 2.36. The van der Waals surface area contributed by atoms with Gasteiger partial charge in [-0.05, 0) is 46.3 Å². The van der Waals surface area contributed by atoms with Gasteiger partial charge in [-0.25, -0.2) is 0 Å². The van der Waals surface area contributed by atoms with Crippen molar-refractivity contribution in [1.29, 1.82) is 5.26 Å². The fourth-order valence-corrected chi connectivity index (χ4v) is 3.38. The van der Waals surface area contributed by atoms with Crippen molar-refractivity contribution in [2.45, 2.75) is 6.04 Å². The lowest BCUT2D eigenvalue weighted by Gasteiger charge is -2.11. The molecule has 1 N–H and O–H groups in total. The van der Waals surface area contributed by atoms with Crippen molar-refractivity contribution in [3.63, 3.8) is 0 Å². The summed E-state index contributed by atoms with van der Waals surface area (Å²) < 4.78 is 2.48. The number of nitrogens with one attached hydrogen (secondary N) is 1. The predicted octanol–water partition coefficient (Wildman–Crippen LogP) is 5.60. The Labute approximate surface area is 131 Å². The highest BCUT2D eigenvalue weighted by Gasteiger charge is 2.15. The molecule has 2 nitrogen and oxygen atoms in total. The first kappa shape index (κ1) is 13.9. The molecule has 0 aliphatic rings. The maximum absolute atomic E-state index is 9.22. The third-order valence-electron chi connectivity index (χ3n) is 2.23. The minimum atomic E-state index is -0.403. The SMILES string of the molecule is N#CC(Nc1ccc(Br)cc1)c1cc(Br)c(Cl)s1.